The van der Waals surface area contributed by atoms with Gasteiger partial charge in [0.25, 0.3) is 5.91 Å². The molecule has 0 bridgehead atoms. The third-order valence-corrected chi connectivity index (χ3v) is 5.23. The second-order valence-electron chi connectivity index (χ2n) is 5.38. The summed E-state index contributed by atoms with van der Waals surface area (Å²) in [6, 6.07) is 8.57. The first-order valence-electron chi connectivity index (χ1n) is 7.62. The highest BCUT2D eigenvalue weighted by molar-refractivity contribution is 7.16. The molecule has 1 heterocycles. The molecule has 0 aliphatic rings. The molecule has 0 saturated carbocycles. The first kappa shape index (κ1) is 18.3. The molecule has 6 nitrogen and oxygen atoms in total. The van der Waals surface area contributed by atoms with Crippen LogP contribution in [0.25, 0.3) is 10.2 Å². The van der Waals surface area contributed by atoms with Crippen LogP contribution >= 0.6 is 22.9 Å². The number of hydrogen-bond acceptors (Lipinski definition) is 5. The molecule has 0 radical (unpaired) electrons. The first-order valence-corrected chi connectivity index (χ1v) is 8.82. The Kier molecular flexibility index (Phi) is 5.20. The number of nitrogens with zero attached hydrogens (tertiary/aromatic N) is 2. The molecular weight excluding hydrogens is 376 g/mol. The number of thiazole rings is 1. The molecule has 0 unspecified atom stereocenters. The summed E-state index contributed by atoms with van der Waals surface area (Å²) in [6.07, 6.45) is 0. The normalized spacial score (nSPS) is 11.7. The van der Waals surface area contributed by atoms with Crippen molar-refractivity contribution in [3.63, 3.8) is 0 Å². The fourth-order valence-electron chi connectivity index (χ4n) is 2.56. The number of hydrogen-bond donors (Lipinski definition) is 0. The molecule has 136 valence electrons. The second-order valence-corrected chi connectivity index (χ2v) is 6.83. The third-order valence-electron chi connectivity index (χ3n) is 3.90. The summed E-state index contributed by atoms with van der Waals surface area (Å²) in [4.78, 5) is 17.5. The summed E-state index contributed by atoms with van der Waals surface area (Å²) in [5.74, 6) is 1.24. The van der Waals surface area contributed by atoms with Crippen LogP contribution in [0, 0.1) is 0 Å². The fraction of sp³-hybridized carbons (Fsp3) is 0.222. The highest BCUT2D eigenvalue weighted by Gasteiger charge is 2.14. The molecule has 1 aromatic heterocycles. The van der Waals surface area contributed by atoms with Gasteiger partial charge in [-0.05, 0) is 18.2 Å². The number of fused-ring (bicyclic) bond motifs is 1. The van der Waals surface area contributed by atoms with Crippen molar-refractivity contribution in [1.29, 1.82) is 0 Å². The summed E-state index contributed by atoms with van der Waals surface area (Å²) < 4.78 is 18.7. The highest BCUT2D eigenvalue weighted by Crippen LogP contribution is 2.33. The van der Waals surface area contributed by atoms with E-state index in [4.69, 9.17) is 25.8 Å². The molecule has 0 N–H and O–H groups in total. The van der Waals surface area contributed by atoms with Gasteiger partial charge in [-0.15, -0.1) is 0 Å². The van der Waals surface area contributed by atoms with Crippen LogP contribution in [0.3, 0.4) is 0 Å². The second kappa shape index (κ2) is 7.39. The van der Waals surface area contributed by atoms with E-state index in [1.807, 2.05) is 23.7 Å². The lowest BCUT2D eigenvalue weighted by Crippen LogP contribution is -2.13. The molecule has 0 fully saturated rings. The van der Waals surface area contributed by atoms with Gasteiger partial charge in [0, 0.05) is 24.2 Å². The van der Waals surface area contributed by atoms with Crippen LogP contribution < -0.4 is 19.0 Å². The van der Waals surface area contributed by atoms with Crippen LogP contribution in [0.2, 0.25) is 5.02 Å². The molecule has 1 amide bonds. The zero-order valence-electron chi connectivity index (χ0n) is 14.7. The van der Waals surface area contributed by atoms with Crippen molar-refractivity contribution in [2.45, 2.75) is 0 Å². The van der Waals surface area contributed by atoms with E-state index in [1.165, 1.54) is 18.4 Å². The molecule has 3 aromatic rings. The van der Waals surface area contributed by atoms with Crippen molar-refractivity contribution < 1.29 is 19.0 Å². The van der Waals surface area contributed by atoms with Gasteiger partial charge in [-0.25, -0.2) is 0 Å². The summed E-state index contributed by atoms with van der Waals surface area (Å²) >= 11 is 7.38. The van der Waals surface area contributed by atoms with E-state index in [0.717, 1.165) is 10.2 Å². The summed E-state index contributed by atoms with van der Waals surface area (Å²) in [6.45, 7) is 0. The quantitative estimate of drug-likeness (QED) is 0.679. The first-order chi connectivity index (χ1) is 12.5. The molecule has 0 spiro atoms. The topological polar surface area (TPSA) is 62.0 Å². The Balaban J connectivity index is 2.14. The number of amides is 1. The number of carbonyl (C=O) groups excluding carboxylic acids is 1. The Morgan fingerprint density at radius 3 is 2.35 bits per heavy atom. The van der Waals surface area contributed by atoms with Crippen molar-refractivity contribution in [1.82, 2.24) is 4.57 Å². The van der Waals surface area contributed by atoms with Crippen LogP contribution in [-0.4, -0.2) is 31.8 Å². The SMILES string of the molecule is COc1cc2sc(=NC(=O)c3cc(Cl)ccc3OC)n(C)c2cc1OC. The number of aryl methyl sites for hydroxylation is 1. The average molecular weight is 393 g/mol. The lowest BCUT2D eigenvalue weighted by molar-refractivity contribution is 0.0995. The van der Waals surface area contributed by atoms with Gasteiger partial charge in [-0.2, -0.15) is 4.99 Å². The Bertz CT molecular complexity index is 1060. The maximum absolute atomic E-state index is 12.7. The zero-order chi connectivity index (χ0) is 18.8. The fourth-order valence-corrected chi connectivity index (χ4v) is 3.75. The number of methoxy groups -OCH3 is 3. The Labute approximate surface area is 159 Å². The van der Waals surface area contributed by atoms with Gasteiger partial charge in [0.15, 0.2) is 16.3 Å². The monoisotopic (exact) mass is 392 g/mol. The summed E-state index contributed by atoms with van der Waals surface area (Å²) in [7, 11) is 6.50. The number of rotatable bonds is 4. The lowest BCUT2D eigenvalue weighted by atomic mass is 10.2. The van der Waals surface area contributed by atoms with Gasteiger partial charge in [0.1, 0.15) is 5.75 Å². The number of ether oxygens (including phenoxy) is 3. The van der Waals surface area contributed by atoms with Crippen molar-refractivity contribution in [3.8, 4) is 17.2 Å². The van der Waals surface area contributed by atoms with E-state index in [1.54, 1.807) is 32.4 Å². The standard InChI is InChI=1S/C18H17ClN2O4S/c1-21-12-8-14(24-3)15(25-4)9-16(12)26-18(21)20-17(22)11-7-10(19)5-6-13(11)23-2/h5-9H,1-4H3. The van der Waals surface area contributed by atoms with E-state index >= 15 is 0 Å². The molecular formula is C18H17ClN2O4S. The van der Waals surface area contributed by atoms with Crippen molar-refractivity contribution in [2.24, 2.45) is 12.0 Å². The van der Waals surface area contributed by atoms with Gasteiger partial charge in [-0.3, -0.25) is 4.79 Å². The largest absolute Gasteiger partial charge is 0.496 e. The van der Waals surface area contributed by atoms with Crippen LogP contribution in [0.15, 0.2) is 35.3 Å². The number of aromatic nitrogens is 1. The van der Waals surface area contributed by atoms with Gasteiger partial charge >= 0.3 is 0 Å². The maximum Gasteiger partial charge on any atom is 0.283 e. The smallest absolute Gasteiger partial charge is 0.283 e. The Morgan fingerprint density at radius 1 is 1.04 bits per heavy atom. The minimum absolute atomic E-state index is 0.313. The van der Waals surface area contributed by atoms with E-state index in [2.05, 4.69) is 4.99 Å². The van der Waals surface area contributed by atoms with Gasteiger partial charge in [-0.1, -0.05) is 22.9 Å². The van der Waals surface area contributed by atoms with Crippen LogP contribution in [0.5, 0.6) is 17.2 Å². The minimum atomic E-state index is -0.426. The molecule has 0 aliphatic carbocycles. The molecule has 0 atom stereocenters. The highest BCUT2D eigenvalue weighted by atomic mass is 35.5. The van der Waals surface area contributed by atoms with Gasteiger partial charge < -0.3 is 18.8 Å². The molecule has 0 saturated heterocycles. The van der Waals surface area contributed by atoms with Gasteiger partial charge in [0.2, 0.25) is 0 Å². The molecule has 8 heteroatoms. The molecule has 0 aliphatic heterocycles. The van der Waals surface area contributed by atoms with Crippen molar-refractivity contribution in [3.05, 3.63) is 45.7 Å². The van der Waals surface area contributed by atoms with Crippen molar-refractivity contribution >= 4 is 39.1 Å². The van der Waals surface area contributed by atoms with E-state index in [0.29, 0.717) is 32.6 Å². The molecule has 26 heavy (non-hydrogen) atoms. The van der Waals surface area contributed by atoms with E-state index in [-0.39, 0.29) is 0 Å². The average Bonchev–Trinajstić information content (AvgIpc) is 2.95. The summed E-state index contributed by atoms with van der Waals surface area (Å²) in [5, 5.41) is 0.444. The Hall–Kier alpha value is -2.51. The predicted molar refractivity (Wildman–Crippen MR) is 102 cm³/mol. The maximum atomic E-state index is 12.7. The Morgan fingerprint density at radius 2 is 1.69 bits per heavy atom. The number of halogens is 1. The van der Waals surface area contributed by atoms with E-state index < -0.39 is 5.91 Å². The summed E-state index contributed by atoms with van der Waals surface area (Å²) in [5.41, 5.74) is 1.20. The van der Waals surface area contributed by atoms with Crippen LogP contribution in [0.4, 0.5) is 0 Å². The zero-order valence-corrected chi connectivity index (χ0v) is 16.3. The van der Waals surface area contributed by atoms with Crippen LogP contribution in [-0.2, 0) is 7.05 Å². The van der Waals surface area contributed by atoms with Crippen molar-refractivity contribution in [2.75, 3.05) is 21.3 Å². The molecule has 2 aromatic carbocycles. The van der Waals surface area contributed by atoms with E-state index in [9.17, 15) is 4.79 Å². The number of carbonyl (C=O) groups is 1. The van der Waals surface area contributed by atoms with Gasteiger partial charge in [0.05, 0.1) is 37.1 Å². The number of benzene rings is 2. The molecule has 3 rings (SSSR count). The lowest BCUT2D eigenvalue weighted by Gasteiger charge is -2.07. The third kappa shape index (κ3) is 3.27. The predicted octanol–water partition coefficient (Wildman–Crippen LogP) is 3.66. The minimum Gasteiger partial charge on any atom is -0.496 e. The van der Waals surface area contributed by atoms with Crippen LogP contribution in [0.1, 0.15) is 10.4 Å².